The molecule has 0 radical (unpaired) electrons. The van der Waals surface area contributed by atoms with E-state index in [0.29, 0.717) is 6.54 Å². The number of nitrogens with one attached hydrogen (secondary N) is 1. The maximum Gasteiger partial charge on any atom is 0.223 e. The molecule has 0 atom stereocenters. The van der Waals surface area contributed by atoms with Gasteiger partial charge in [-0.1, -0.05) is 12.8 Å². The molecule has 2 heterocycles. The predicted octanol–water partition coefficient (Wildman–Crippen LogP) is 1.99. The van der Waals surface area contributed by atoms with Gasteiger partial charge in [0.2, 0.25) is 5.95 Å². The van der Waals surface area contributed by atoms with Crippen LogP contribution in [0.25, 0.3) is 10.2 Å². The Morgan fingerprint density at radius 1 is 1.39 bits per heavy atom. The van der Waals surface area contributed by atoms with Crippen LogP contribution >= 0.6 is 11.3 Å². The van der Waals surface area contributed by atoms with Crippen molar-refractivity contribution in [1.29, 1.82) is 0 Å². The number of nitrogen functional groups attached to an aromatic ring is 1. The summed E-state index contributed by atoms with van der Waals surface area (Å²) in [7, 11) is 0. The van der Waals surface area contributed by atoms with Gasteiger partial charge in [-0.2, -0.15) is 4.98 Å². The van der Waals surface area contributed by atoms with Crippen molar-refractivity contribution in [2.24, 2.45) is 0 Å². The van der Waals surface area contributed by atoms with E-state index in [1.165, 1.54) is 11.3 Å². The molecule has 0 bridgehead atoms. The zero-order chi connectivity index (χ0) is 12.6. The smallest absolute Gasteiger partial charge is 0.223 e. The van der Waals surface area contributed by atoms with Gasteiger partial charge >= 0.3 is 0 Å². The predicted molar refractivity (Wildman–Crippen MR) is 73.7 cm³/mol. The van der Waals surface area contributed by atoms with Crippen molar-refractivity contribution in [2.75, 3.05) is 17.6 Å². The number of nitrogens with zero attached hydrogens (tertiary/aromatic N) is 2. The maximum absolute atomic E-state index is 10.3. The summed E-state index contributed by atoms with van der Waals surface area (Å²) in [5.74, 6) is 0.991. The highest BCUT2D eigenvalue weighted by molar-refractivity contribution is 7.16. The van der Waals surface area contributed by atoms with Crippen LogP contribution < -0.4 is 11.1 Å². The highest BCUT2D eigenvalue weighted by Crippen LogP contribution is 2.31. The van der Waals surface area contributed by atoms with Crippen molar-refractivity contribution >= 4 is 33.3 Å². The van der Waals surface area contributed by atoms with Crippen LogP contribution in [0.4, 0.5) is 11.8 Å². The average Bonchev–Trinajstić information content (AvgIpc) is 2.95. The molecule has 1 aliphatic rings. The number of anilines is 2. The Bertz CT molecular complexity index is 562. The second kappa shape index (κ2) is 4.37. The number of aromatic nitrogens is 2. The molecule has 3 rings (SSSR count). The Kier molecular flexibility index (Phi) is 2.83. The topological polar surface area (TPSA) is 84.1 Å². The van der Waals surface area contributed by atoms with Gasteiger partial charge in [-0.05, 0) is 24.3 Å². The van der Waals surface area contributed by atoms with Crippen molar-refractivity contribution in [3.63, 3.8) is 0 Å². The summed E-state index contributed by atoms with van der Waals surface area (Å²) in [6.07, 6.45) is 3.90. The third kappa shape index (κ3) is 2.13. The monoisotopic (exact) mass is 264 g/mol. The standard InChI is InChI=1S/C12H16N4OS/c13-11-15-9(8-3-6-18-10(8)16-11)14-7-12(17)4-1-2-5-12/h3,6,17H,1-2,4-5,7H2,(H3,13,14,15,16). The van der Waals surface area contributed by atoms with Gasteiger partial charge in [-0.15, -0.1) is 11.3 Å². The highest BCUT2D eigenvalue weighted by atomic mass is 32.1. The molecule has 1 saturated carbocycles. The van der Waals surface area contributed by atoms with E-state index in [1.807, 2.05) is 11.4 Å². The molecule has 0 unspecified atom stereocenters. The molecular formula is C12H16N4OS. The quantitative estimate of drug-likeness (QED) is 0.789. The molecule has 0 amide bonds. The second-order valence-electron chi connectivity index (χ2n) is 4.85. The lowest BCUT2D eigenvalue weighted by Gasteiger charge is -2.22. The van der Waals surface area contributed by atoms with Crippen LogP contribution in [-0.4, -0.2) is 27.2 Å². The van der Waals surface area contributed by atoms with Crippen LogP contribution in [0.3, 0.4) is 0 Å². The lowest BCUT2D eigenvalue weighted by Crippen LogP contribution is -2.33. The molecular weight excluding hydrogens is 248 g/mol. The first-order valence-electron chi connectivity index (χ1n) is 6.13. The molecule has 2 aromatic rings. The average molecular weight is 264 g/mol. The van der Waals surface area contributed by atoms with E-state index in [4.69, 9.17) is 5.73 Å². The first-order valence-corrected chi connectivity index (χ1v) is 7.01. The number of hydrogen-bond acceptors (Lipinski definition) is 6. The number of fused-ring (bicyclic) bond motifs is 1. The second-order valence-corrected chi connectivity index (χ2v) is 5.75. The van der Waals surface area contributed by atoms with Crippen molar-refractivity contribution in [1.82, 2.24) is 9.97 Å². The molecule has 0 aliphatic heterocycles. The SMILES string of the molecule is Nc1nc(NCC2(O)CCCC2)c2ccsc2n1. The molecule has 0 spiro atoms. The van der Waals surface area contributed by atoms with Crippen molar-refractivity contribution < 1.29 is 5.11 Å². The first kappa shape index (κ1) is 11.7. The summed E-state index contributed by atoms with van der Waals surface area (Å²) >= 11 is 1.54. The van der Waals surface area contributed by atoms with E-state index >= 15 is 0 Å². The number of hydrogen-bond donors (Lipinski definition) is 3. The van der Waals surface area contributed by atoms with Gasteiger partial charge in [-0.3, -0.25) is 0 Å². The molecule has 2 aromatic heterocycles. The van der Waals surface area contributed by atoms with Gasteiger partial charge in [0.05, 0.1) is 11.0 Å². The third-order valence-electron chi connectivity index (χ3n) is 3.46. The van der Waals surface area contributed by atoms with E-state index in [2.05, 4.69) is 15.3 Å². The Morgan fingerprint density at radius 3 is 2.94 bits per heavy atom. The van der Waals surface area contributed by atoms with Crippen LogP contribution in [0.5, 0.6) is 0 Å². The Labute approximate surface area is 109 Å². The molecule has 18 heavy (non-hydrogen) atoms. The molecule has 0 aromatic carbocycles. The van der Waals surface area contributed by atoms with Gasteiger partial charge in [0, 0.05) is 6.54 Å². The van der Waals surface area contributed by atoms with Crippen LogP contribution in [0.1, 0.15) is 25.7 Å². The van der Waals surface area contributed by atoms with Gasteiger partial charge < -0.3 is 16.2 Å². The molecule has 0 saturated heterocycles. The molecule has 96 valence electrons. The van der Waals surface area contributed by atoms with Crippen LogP contribution in [0, 0.1) is 0 Å². The van der Waals surface area contributed by atoms with Crippen molar-refractivity contribution in [3.8, 4) is 0 Å². The van der Waals surface area contributed by atoms with E-state index in [9.17, 15) is 5.11 Å². The number of rotatable bonds is 3. The minimum Gasteiger partial charge on any atom is -0.388 e. The van der Waals surface area contributed by atoms with Crippen LogP contribution in [-0.2, 0) is 0 Å². The van der Waals surface area contributed by atoms with Crippen molar-refractivity contribution in [3.05, 3.63) is 11.4 Å². The Hall–Kier alpha value is -1.40. The number of thiophene rings is 1. The number of aliphatic hydroxyl groups is 1. The molecule has 4 N–H and O–H groups in total. The third-order valence-corrected chi connectivity index (χ3v) is 4.27. The van der Waals surface area contributed by atoms with Gasteiger partial charge in [0.15, 0.2) is 0 Å². The summed E-state index contributed by atoms with van der Waals surface area (Å²) in [5, 5.41) is 16.5. The number of nitrogens with two attached hydrogens (primary N) is 1. The fraction of sp³-hybridized carbons (Fsp3) is 0.500. The minimum absolute atomic E-state index is 0.269. The summed E-state index contributed by atoms with van der Waals surface area (Å²) in [6.45, 7) is 0.522. The normalized spacial score (nSPS) is 18.3. The summed E-state index contributed by atoms with van der Waals surface area (Å²) in [4.78, 5) is 9.27. The summed E-state index contributed by atoms with van der Waals surface area (Å²) in [6, 6.07) is 1.97. The van der Waals surface area contributed by atoms with E-state index < -0.39 is 5.60 Å². The fourth-order valence-electron chi connectivity index (χ4n) is 2.46. The molecule has 5 nitrogen and oxygen atoms in total. The summed E-state index contributed by atoms with van der Waals surface area (Å²) in [5.41, 5.74) is 5.09. The van der Waals surface area contributed by atoms with Crippen LogP contribution in [0.2, 0.25) is 0 Å². The van der Waals surface area contributed by atoms with E-state index in [1.54, 1.807) is 0 Å². The van der Waals surface area contributed by atoms with Gasteiger partial charge in [-0.25, -0.2) is 4.98 Å². The van der Waals surface area contributed by atoms with Crippen molar-refractivity contribution in [2.45, 2.75) is 31.3 Å². The highest BCUT2D eigenvalue weighted by Gasteiger charge is 2.31. The fourth-order valence-corrected chi connectivity index (χ4v) is 3.24. The molecule has 1 aliphatic carbocycles. The Balaban J connectivity index is 1.83. The largest absolute Gasteiger partial charge is 0.388 e. The lowest BCUT2D eigenvalue weighted by molar-refractivity contribution is 0.0614. The van der Waals surface area contributed by atoms with Crippen LogP contribution in [0.15, 0.2) is 11.4 Å². The van der Waals surface area contributed by atoms with Gasteiger partial charge in [0.1, 0.15) is 10.6 Å². The van der Waals surface area contributed by atoms with E-state index in [0.717, 1.165) is 41.7 Å². The molecule has 1 fully saturated rings. The Morgan fingerprint density at radius 2 is 2.17 bits per heavy atom. The maximum atomic E-state index is 10.3. The molecule has 6 heteroatoms. The first-order chi connectivity index (χ1) is 8.66. The minimum atomic E-state index is -0.595. The lowest BCUT2D eigenvalue weighted by atomic mass is 10.0. The zero-order valence-corrected chi connectivity index (χ0v) is 10.8. The summed E-state index contributed by atoms with van der Waals surface area (Å²) < 4.78 is 0. The zero-order valence-electron chi connectivity index (χ0n) is 10.0. The van der Waals surface area contributed by atoms with Gasteiger partial charge in [0.25, 0.3) is 0 Å². The van der Waals surface area contributed by atoms with E-state index in [-0.39, 0.29) is 5.95 Å².